The summed E-state index contributed by atoms with van der Waals surface area (Å²) < 4.78 is 12.9. The van der Waals surface area contributed by atoms with Crippen LogP contribution in [0.15, 0.2) is 41.5 Å². The summed E-state index contributed by atoms with van der Waals surface area (Å²) in [4.78, 5) is 20.7. The molecule has 1 aliphatic rings. The fourth-order valence-corrected chi connectivity index (χ4v) is 2.08. The first-order valence-electron chi connectivity index (χ1n) is 5.97. The second-order valence-corrected chi connectivity index (χ2v) is 4.55. The van der Waals surface area contributed by atoms with Gasteiger partial charge >= 0.3 is 0 Å². The zero-order valence-corrected chi connectivity index (χ0v) is 10.4. The minimum atomic E-state index is -0.305. The van der Waals surface area contributed by atoms with Gasteiger partial charge in [0.15, 0.2) is 11.6 Å². The lowest BCUT2D eigenvalue weighted by Gasteiger charge is -2.14. The standard InChI is InChI=1S/C15H11FN2O/c1-9-6-12-14(19)7-13(18-15(12)17-8-9)10-2-4-11(16)5-3-10/h2-6,8H,7H2,1H3. The molecular weight excluding hydrogens is 243 g/mol. The highest BCUT2D eigenvalue weighted by atomic mass is 19.1. The molecule has 0 unspecified atom stereocenters. The Morgan fingerprint density at radius 2 is 1.95 bits per heavy atom. The number of aryl methyl sites for hydroxylation is 1. The molecule has 1 aromatic carbocycles. The third kappa shape index (κ3) is 2.17. The van der Waals surface area contributed by atoms with E-state index in [1.54, 1.807) is 24.4 Å². The topological polar surface area (TPSA) is 42.3 Å². The Labute approximate surface area is 109 Å². The molecule has 0 amide bonds. The van der Waals surface area contributed by atoms with Crippen LogP contribution in [0.2, 0.25) is 0 Å². The van der Waals surface area contributed by atoms with E-state index >= 15 is 0 Å². The van der Waals surface area contributed by atoms with Crippen molar-refractivity contribution in [1.82, 2.24) is 4.98 Å². The minimum Gasteiger partial charge on any atom is -0.294 e. The van der Waals surface area contributed by atoms with Crippen molar-refractivity contribution >= 4 is 17.3 Å². The molecule has 2 aromatic rings. The number of rotatable bonds is 1. The number of hydrogen-bond donors (Lipinski definition) is 0. The first-order chi connectivity index (χ1) is 9.13. The quantitative estimate of drug-likeness (QED) is 0.784. The van der Waals surface area contributed by atoms with E-state index in [0.29, 0.717) is 17.1 Å². The number of fused-ring (bicyclic) bond motifs is 1. The molecule has 3 nitrogen and oxygen atoms in total. The highest BCUT2D eigenvalue weighted by Gasteiger charge is 2.21. The maximum atomic E-state index is 12.9. The summed E-state index contributed by atoms with van der Waals surface area (Å²) in [5, 5.41) is 0. The van der Waals surface area contributed by atoms with Crippen LogP contribution in [-0.4, -0.2) is 16.5 Å². The summed E-state index contributed by atoms with van der Waals surface area (Å²) >= 11 is 0. The molecule has 0 N–H and O–H groups in total. The number of aliphatic imine (C=N–C) groups is 1. The highest BCUT2D eigenvalue weighted by Crippen LogP contribution is 2.26. The molecule has 3 rings (SSSR count). The van der Waals surface area contributed by atoms with Crippen molar-refractivity contribution in [3.8, 4) is 0 Å². The van der Waals surface area contributed by atoms with Crippen LogP contribution in [0, 0.1) is 12.7 Å². The van der Waals surface area contributed by atoms with Gasteiger partial charge in [0, 0.05) is 6.20 Å². The predicted molar refractivity (Wildman–Crippen MR) is 70.5 cm³/mol. The number of hydrogen-bond acceptors (Lipinski definition) is 3. The lowest BCUT2D eigenvalue weighted by Crippen LogP contribution is -2.15. The molecule has 0 atom stereocenters. The second kappa shape index (κ2) is 4.39. The average Bonchev–Trinajstić information content (AvgIpc) is 2.40. The Morgan fingerprint density at radius 3 is 2.68 bits per heavy atom. The van der Waals surface area contributed by atoms with Crippen LogP contribution < -0.4 is 0 Å². The van der Waals surface area contributed by atoms with E-state index < -0.39 is 0 Å². The Balaban J connectivity index is 2.08. The Hall–Kier alpha value is -2.36. The number of ketones is 1. The number of aromatic nitrogens is 1. The molecular formula is C15H11FN2O. The van der Waals surface area contributed by atoms with Gasteiger partial charge in [0.25, 0.3) is 0 Å². The summed E-state index contributed by atoms with van der Waals surface area (Å²) in [6, 6.07) is 7.78. The normalized spacial score (nSPS) is 14.0. The third-order valence-corrected chi connectivity index (χ3v) is 3.05. The van der Waals surface area contributed by atoms with Crippen LogP contribution >= 0.6 is 0 Å². The van der Waals surface area contributed by atoms with E-state index in [4.69, 9.17) is 0 Å². The molecule has 94 valence electrons. The summed E-state index contributed by atoms with van der Waals surface area (Å²) in [5.74, 6) is 0.141. The number of benzene rings is 1. The molecule has 0 spiro atoms. The van der Waals surface area contributed by atoms with E-state index in [-0.39, 0.29) is 18.0 Å². The number of halogens is 1. The van der Waals surface area contributed by atoms with E-state index in [2.05, 4.69) is 9.98 Å². The number of nitrogens with zero attached hydrogens (tertiary/aromatic N) is 2. The summed E-state index contributed by atoms with van der Waals surface area (Å²) in [5.41, 5.74) is 2.88. The van der Waals surface area contributed by atoms with Crippen LogP contribution in [0.4, 0.5) is 10.2 Å². The van der Waals surface area contributed by atoms with E-state index in [9.17, 15) is 9.18 Å². The fourth-order valence-electron chi connectivity index (χ4n) is 2.08. The minimum absolute atomic E-state index is 0.000486. The van der Waals surface area contributed by atoms with Crippen molar-refractivity contribution in [1.29, 1.82) is 0 Å². The molecule has 19 heavy (non-hydrogen) atoms. The van der Waals surface area contributed by atoms with Crippen molar-refractivity contribution in [3.63, 3.8) is 0 Å². The summed E-state index contributed by atoms with van der Waals surface area (Å²) in [7, 11) is 0. The van der Waals surface area contributed by atoms with Crippen molar-refractivity contribution in [3.05, 3.63) is 59.0 Å². The lowest BCUT2D eigenvalue weighted by molar-refractivity contribution is 0.0999. The van der Waals surface area contributed by atoms with Gasteiger partial charge in [0.2, 0.25) is 0 Å². The van der Waals surface area contributed by atoms with Crippen LogP contribution in [0.1, 0.15) is 27.9 Å². The Bertz CT molecular complexity index is 690. The van der Waals surface area contributed by atoms with Gasteiger partial charge in [-0.05, 0) is 36.2 Å². The number of Topliss-reactive ketones (excluding diaryl/α,β-unsaturated/α-hetero) is 1. The van der Waals surface area contributed by atoms with Gasteiger partial charge < -0.3 is 0 Å². The van der Waals surface area contributed by atoms with Crippen molar-refractivity contribution in [2.24, 2.45) is 4.99 Å². The van der Waals surface area contributed by atoms with Gasteiger partial charge in [-0.15, -0.1) is 0 Å². The molecule has 1 aromatic heterocycles. The molecule has 0 saturated carbocycles. The lowest BCUT2D eigenvalue weighted by atomic mass is 9.97. The molecule has 0 fully saturated rings. The Morgan fingerprint density at radius 1 is 1.21 bits per heavy atom. The molecule has 1 aliphatic heterocycles. The smallest absolute Gasteiger partial charge is 0.172 e. The van der Waals surface area contributed by atoms with E-state index in [0.717, 1.165) is 11.1 Å². The molecule has 0 radical (unpaired) electrons. The van der Waals surface area contributed by atoms with E-state index in [1.165, 1.54) is 12.1 Å². The van der Waals surface area contributed by atoms with Gasteiger partial charge in [-0.2, -0.15) is 0 Å². The summed E-state index contributed by atoms with van der Waals surface area (Å²) in [6.45, 7) is 1.89. The fraction of sp³-hybridized carbons (Fsp3) is 0.133. The predicted octanol–water partition coefficient (Wildman–Crippen LogP) is 3.24. The largest absolute Gasteiger partial charge is 0.294 e. The van der Waals surface area contributed by atoms with Crippen LogP contribution in [0.25, 0.3) is 0 Å². The van der Waals surface area contributed by atoms with Gasteiger partial charge in [-0.25, -0.2) is 14.4 Å². The molecule has 4 heteroatoms. The van der Waals surface area contributed by atoms with Crippen molar-refractivity contribution in [2.75, 3.05) is 0 Å². The zero-order chi connectivity index (χ0) is 13.4. The zero-order valence-electron chi connectivity index (χ0n) is 10.4. The number of pyridine rings is 1. The average molecular weight is 254 g/mol. The highest BCUT2D eigenvalue weighted by molar-refractivity contribution is 6.20. The second-order valence-electron chi connectivity index (χ2n) is 4.55. The molecule has 0 saturated heterocycles. The first kappa shape index (κ1) is 11.7. The molecule has 0 bridgehead atoms. The summed E-state index contributed by atoms with van der Waals surface area (Å²) in [6.07, 6.45) is 1.91. The van der Waals surface area contributed by atoms with Gasteiger partial charge in [-0.3, -0.25) is 4.79 Å². The van der Waals surface area contributed by atoms with Crippen molar-refractivity contribution in [2.45, 2.75) is 13.3 Å². The first-order valence-corrected chi connectivity index (χ1v) is 5.97. The van der Waals surface area contributed by atoms with E-state index in [1.807, 2.05) is 6.92 Å². The Kier molecular flexibility index (Phi) is 2.71. The van der Waals surface area contributed by atoms with Crippen LogP contribution in [0.3, 0.4) is 0 Å². The van der Waals surface area contributed by atoms with Gasteiger partial charge in [-0.1, -0.05) is 12.1 Å². The number of carbonyl (C=O) groups excluding carboxylic acids is 1. The monoisotopic (exact) mass is 254 g/mol. The SMILES string of the molecule is Cc1cnc2c(c1)C(=O)CC(c1ccc(F)cc1)=N2. The maximum Gasteiger partial charge on any atom is 0.172 e. The maximum absolute atomic E-state index is 12.9. The van der Waals surface area contributed by atoms with Crippen LogP contribution in [0.5, 0.6) is 0 Å². The van der Waals surface area contributed by atoms with Gasteiger partial charge in [0.1, 0.15) is 5.82 Å². The molecule has 0 aliphatic carbocycles. The van der Waals surface area contributed by atoms with Crippen molar-refractivity contribution < 1.29 is 9.18 Å². The van der Waals surface area contributed by atoms with Gasteiger partial charge in [0.05, 0.1) is 17.7 Å². The molecule has 2 heterocycles. The van der Waals surface area contributed by atoms with Crippen LogP contribution in [-0.2, 0) is 0 Å². The number of carbonyl (C=O) groups is 1. The third-order valence-electron chi connectivity index (χ3n) is 3.05.